The molecule has 9 heteroatoms. The van der Waals surface area contributed by atoms with E-state index in [9.17, 15) is 9.59 Å². The van der Waals surface area contributed by atoms with Gasteiger partial charge in [-0.05, 0) is 76.8 Å². The van der Waals surface area contributed by atoms with E-state index in [2.05, 4.69) is 27.1 Å². The number of likely N-dealkylation sites (N-methyl/N-ethyl adjacent to an activating group) is 1. The second-order valence-corrected chi connectivity index (χ2v) is 12.4. The van der Waals surface area contributed by atoms with Gasteiger partial charge >= 0.3 is 12.0 Å². The summed E-state index contributed by atoms with van der Waals surface area (Å²) in [4.78, 5) is 30.9. The third kappa shape index (κ3) is 5.03. The largest absolute Gasteiger partial charge is 0.456 e. The number of carbonyl (C=O) groups is 2. The fraction of sp³-hybridized carbons (Fsp3) is 0.462. The number of anilines is 1. The normalized spacial score (nSPS) is 15.5. The Hall–Kier alpha value is -2.62. The van der Waals surface area contributed by atoms with E-state index in [1.54, 1.807) is 11.3 Å². The van der Waals surface area contributed by atoms with E-state index in [4.69, 9.17) is 4.74 Å². The predicted molar refractivity (Wildman–Crippen MR) is 141 cm³/mol. The lowest BCUT2D eigenvalue weighted by Crippen LogP contribution is -2.31. The van der Waals surface area contributed by atoms with Crippen molar-refractivity contribution >= 4 is 39.7 Å². The number of hydrogen-bond acceptors (Lipinski definition) is 6. The van der Waals surface area contributed by atoms with Crippen molar-refractivity contribution in [2.45, 2.75) is 65.1 Å². The van der Waals surface area contributed by atoms with Crippen LogP contribution in [-0.2, 0) is 37.1 Å². The number of esters is 1. The molecular weight excluding hydrogens is 480 g/mol. The first-order valence-electron chi connectivity index (χ1n) is 12.1. The molecule has 35 heavy (non-hydrogen) atoms. The third-order valence-corrected chi connectivity index (χ3v) is 8.83. The second-order valence-electron chi connectivity index (χ2n) is 10.2. The number of aromatic nitrogens is 1. The second kappa shape index (κ2) is 9.44. The zero-order chi connectivity index (χ0) is 24.7. The van der Waals surface area contributed by atoms with Crippen molar-refractivity contribution in [1.82, 2.24) is 14.8 Å². The number of aryl methyl sites for hydroxylation is 1. The molecule has 0 aromatic carbocycles. The SMILES string of the molecule is CN1CCc2c(sc(-n3cccc3)c2CNC(=O)Nc2sc3c(c2C(=O)OC(C)(C)C)CCC3)C1. The summed E-state index contributed by atoms with van der Waals surface area (Å²) in [6, 6.07) is 3.73. The van der Waals surface area contributed by atoms with Gasteiger partial charge in [0.1, 0.15) is 15.6 Å². The van der Waals surface area contributed by atoms with Crippen molar-refractivity contribution in [2.75, 3.05) is 18.9 Å². The Bertz CT molecular complexity index is 1250. The van der Waals surface area contributed by atoms with Crippen LogP contribution in [-0.4, -0.2) is 40.7 Å². The average molecular weight is 513 g/mol. The van der Waals surface area contributed by atoms with E-state index in [0.717, 1.165) is 49.3 Å². The standard InChI is InChI=1S/C26H32N4O3S2/c1-26(2,3)33-24(31)21-17-8-7-9-19(17)34-22(21)28-25(32)27-14-18-16-10-13-29(4)15-20(16)35-23(18)30-11-5-6-12-30/h5-6,11-12H,7-10,13-15H2,1-4H3,(H2,27,28,32). The maximum absolute atomic E-state index is 13.0. The topological polar surface area (TPSA) is 75.6 Å². The van der Waals surface area contributed by atoms with Crippen LogP contribution in [0.25, 0.3) is 5.00 Å². The molecular formula is C26H32N4O3S2. The number of ether oxygens (including phenoxy) is 1. The Kier molecular flexibility index (Phi) is 6.50. The summed E-state index contributed by atoms with van der Waals surface area (Å²) in [6.07, 6.45) is 7.89. The minimum Gasteiger partial charge on any atom is -0.456 e. The van der Waals surface area contributed by atoms with Gasteiger partial charge in [0.05, 0.1) is 5.56 Å². The van der Waals surface area contributed by atoms with Crippen LogP contribution in [0.15, 0.2) is 24.5 Å². The van der Waals surface area contributed by atoms with Gasteiger partial charge in [-0.3, -0.25) is 5.32 Å². The first kappa shape index (κ1) is 24.1. The zero-order valence-electron chi connectivity index (χ0n) is 20.7. The molecule has 3 aromatic heterocycles. The van der Waals surface area contributed by atoms with Crippen molar-refractivity contribution in [2.24, 2.45) is 0 Å². The highest BCUT2D eigenvalue weighted by Gasteiger charge is 2.31. The number of carbonyl (C=O) groups excluding carboxylic acids is 2. The molecule has 3 aromatic rings. The van der Waals surface area contributed by atoms with Gasteiger partial charge in [0.2, 0.25) is 0 Å². The highest BCUT2D eigenvalue weighted by Crippen LogP contribution is 2.40. The summed E-state index contributed by atoms with van der Waals surface area (Å²) in [5, 5.41) is 7.76. The summed E-state index contributed by atoms with van der Waals surface area (Å²) in [7, 11) is 2.14. The van der Waals surface area contributed by atoms with E-state index in [1.807, 2.05) is 45.3 Å². The number of nitrogens with zero attached hydrogens (tertiary/aromatic N) is 2. The van der Waals surface area contributed by atoms with Crippen LogP contribution in [0.5, 0.6) is 0 Å². The zero-order valence-corrected chi connectivity index (χ0v) is 22.3. The number of hydrogen-bond donors (Lipinski definition) is 2. The molecule has 186 valence electrons. The number of thiophene rings is 2. The lowest BCUT2D eigenvalue weighted by Gasteiger charge is -2.23. The molecule has 2 N–H and O–H groups in total. The third-order valence-electron chi connectivity index (χ3n) is 6.35. The number of amides is 2. The fourth-order valence-electron chi connectivity index (χ4n) is 4.80. The molecule has 4 heterocycles. The van der Waals surface area contributed by atoms with Crippen molar-refractivity contribution in [1.29, 1.82) is 0 Å². The summed E-state index contributed by atoms with van der Waals surface area (Å²) in [5.41, 5.74) is 3.49. The first-order valence-corrected chi connectivity index (χ1v) is 13.7. The van der Waals surface area contributed by atoms with Crippen LogP contribution < -0.4 is 10.6 Å². The van der Waals surface area contributed by atoms with E-state index in [-0.39, 0.29) is 12.0 Å². The molecule has 0 radical (unpaired) electrons. The van der Waals surface area contributed by atoms with Crippen LogP contribution in [0, 0.1) is 0 Å². The number of nitrogens with one attached hydrogen (secondary N) is 2. The highest BCUT2D eigenvalue weighted by molar-refractivity contribution is 7.17. The van der Waals surface area contributed by atoms with E-state index in [1.165, 1.54) is 32.2 Å². The predicted octanol–water partition coefficient (Wildman–Crippen LogP) is 5.35. The van der Waals surface area contributed by atoms with E-state index in [0.29, 0.717) is 17.1 Å². The van der Waals surface area contributed by atoms with Crippen molar-refractivity contribution < 1.29 is 14.3 Å². The van der Waals surface area contributed by atoms with Gasteiger partial charge in [0.25, 0.3) is 0 Å². The molecule has 7 nitrogen and oxygen atoms in total. The summed E-state index contributed by atoms with van der Waals surface area (Å²) >= 11 is 3.30. The smallest absolute Gasteiger partial charge is 0.341 e. The van der Waals surface area contributed by atoms with Crippen molar-refractivity contribution in [3.8, 4) is 5.00 Å². The minimum absolute atomic E-state index is 0.305. The van der Waals surface area contributed by atoms with Gasteiger partial charge in [-0.2, -0.15) is 0 Å². The molecule has 0 unspecified atom stereocenters. The minimum atomic E-state index is -0.592. The number of rotatable bonds is 5. The lowest BCUT2D eigenvalue weighted by molar-refractivity contribution is 0.00702. The average Bonchev–Trinajstić information content (AvgIpc) is 3.54. The van der Waals surface area contributed by atoms with E-state index >= 15 is 0 Å². The summed E-state index contributed by atoms with van der Waals surface area (Å²) in [6.45, 7) is 7.95. The van der Waals surface area contributed by atoms with Gasteiger partial charge in [-0.25, -0.2) is 9.59 Å². The van der Waals surface area contributed by atoms with Crippen molar-refractivity contribution in [3.63, 3.8) is 0 Å². The van der Waals surface area contributed by atoms with Gasteiger partial charge in [-0.15, -0.1) is 22.7 Å². The molecule has 0 atom stereocenters. The molecule has 0 spiro atoms. The van der Waals surface area contributed by atoms with Gasteiger partial charge in [-0.1, -0.05) is 0 Å². The number of urea groups is 1. The molecule has 0 saturated heterocycles. The molecule has 0 saturated carbocycles. The van der Waals surface area contributed by atoms with Crippen LogP contribution in [0.2, 0.25) is 0 Å². The van der Waals surface area contributed by atoms with E-state index < -0.39 is 5.60 Å². The van der Waals surface area contributed by atoms with Gasteiger partial charge < -0.3 is 19.5 Å². The van der Waals surface area contributed by atoms with Crippen LogP contribution >= 0.6 is 22.7 Å². The summed E-state index contributed by atoms with van der Waals surface area (Å²) in [5.74, 6) is -0.363. The first-order chi connectivity index (χ1) is 16.7. The Morgan fingerprint density at radius 2 is 1.83 bits per heavy atom. The molecule has 2 aliphatic rings. The monoisotopic (exact) mass is 512 g/mol. The Morgan fingerprint density at radius 1 is 1.06 bits per heavy atom. The van der Waals surface area contributed by atoms with Crippen LogP contribution in [0.4, 0.5) is 9.80 Å². The highest BCUT2D eigenvalue weighted by atomic mass is 32.1. The molecule has 0 bridgehead atoms. The van der Waals surface area contributed by atoms with Crippen molar-refractivity contribution in [3.05, 3.63) is 56.5 Å². The fourth-order valence-corrected chi connectivity index (χ4v) is 7.48. The lowest BCUT2D eigenvalue weighted by atomic mass is 10.0. The molecule has 5 rings (SSSR count). The molecule has 0 fully saturated rings. The quantitative estimate of drug-likeness (QED) is 0.452. The Morgan fingerprint density at radius 3 is 2.57 bits per heavy atom. The molecule has 2 amide bonds. The molecule has 1 aliphatic heterocycles. The van der Waals surface area contributed by atoms with Gasteiger partial charge in [0.15, 0.2) is 0 Å². The van der Waals surface area contributed by atoms with Gasteiger partial charge in [0, 0.05) is 47.3 Å². The number of fused-ring (bicyclic) bond motifs is 2. The van der Waals surface area contributed by atoms with Crippen LogP contribution in [0.3, 0.4) is 0 Å². The van der Waals surface area contributed by atoms with Crippen LogP contribution in [0.1, 0.15) is 64.0 Å². The Balaban J connectivity index is 1.35. The maximum Gasteiger partial charge on any atom is 0.341 e. The summed E-state index contributed by atoms with van der Waals surface area (Å²) < 4.78 is 7.79. The maximum atomic E-state index is 13.0. The Labute approximate surface area is 214 Å². The molecule has 1 aliphatic carbocycles.